The van der Waals surface area contributed by atoms with Crippen molar-refractivity contribution in [3.8, 4) is 0 Å². The van der Waals surface area contributed by atoms with Crippen molar-refractivity contribution < 1.29 is 27.8 Å². The van der Waals surface area contributed by atoms with Gasteiger partial charge in [0.1, 0.15) is 5.52 Å². The van der Waals surface area contributed by atoms with Crippen molar-refractivity contribution in [1.82, 2.24) is 24.4 Å². The fourth-order valence-corrected chi connectivity index (χ4v) is 5.35. The number of alkyl halides is 3. The topological polar surface area (TPSA) is 109 Å². The number of fused-ring (bicyclic) bond motifs is 1. The molecule has 3 fully saturated rings. The highest BCUT2D eigenvalue weighted by Crippen LogP contribution is 2.29. The van der Waals surface area contributed by atoms with Crippen molar-refractivity contribution in [2.75, 3.05) is 49.6 Å². The number of carboxylic acids is 1. The van der Waals surface area contributed by atoms with Crippen LogP contribution in [-0.4, -0.2) is 93.1 Å². The van der Waals surface area contributed by atoms with E-state index in [1.807, 2.05) is 6.33 Å². The third kappa shape index (κ3) is 6.61. The summed E-state index contributed by atoms with van der Waals surface area (Å²) in [5.41, 5.74) is 1.81. The van der Waals surface area contributed by atoms with E-state index in [0.717, 1.165) is 74.8 Å². The van der Waals surface area contributed by atoms with Crippen LogP contribution >= 0.6 is 0 Å². The van der Waals surface area contributed by atoms with E-state index in [4.69, 9.17) is 24.6 Å². The van der Waals surface area contributed by atoms with Gasteiger partial charge in [0.15, 0.2) is 11.5 Å². The first kappa shape index (κ1) is 27.4. The van der Waals surface area contributed by atoms with Gasteiger partial charge in [0.2, 0.25) is 5.95 Å². The van der Waals surface area contributed by atoms with Gasteiger partial charge in [0.25, 0.3) is 0 Å². The van der Waals surface area contributed by atoms with Crippen LogP contribution in [0.15, 0.2) is 6.33 Å². The first-order chi connectivity index (χ1) is 17.7. The quantitative estimate of drug-likeness (QED) is 0.584. The van der Waals surface area contributed by atoms with Gasteiger partial charge in [-0.1, -0.05) is 0 Å². The number of aromatic nitrogens is 4. The summed E-state index contributed by atoms with van der Waals surface area (Å²) in [5, 5.41) is 10.7. The zero-order chi connectivity index (χ0) is 26.6. The highest BCUT2D eigenvalue weighted by atomic mass is 19.4. The van der Waals surface area contributed by atoms with Gasteiger partial charge in [-0.25, -0.2) is 9.78 Å². The Bertz CT molecular complexity index is 1050. The summed E-state index contributed by atoms with van der Waals surface area (Å²) in [6.07, 6.45) is 3.00. The lowest BCUT2D eigenvalue weighted by atomic mass is 10.0. The molecule has 206 valence electrons. The van der Waals surface area contributed by atoms with Gasteiger partial charge in [0.05, 0.1) is 12.9 Å². The maximum Gasteiger partial charge on any atom is 0.490 e. The molecule has 0 aliphatic carbocycles. The summed E-state index contributed by atoms with van der Waals surface area (Å²) in [5.74, 6) is -0.472. The van der Waals surface area contributed by atoms with E-state index in [0.29, 0.717) is 12.0 Å². The molecule has 10 nitrogen and oxygen atoms in total. The van der Waals surface area contributed by atoms with Gasteiger partial charge >= 0.3 is 12.1 Å². The molecule has 2 atom stereocenters. The maximum absolute atomic E-state index is 10.6. The van der Waals surface area contributed by atoms with Crippen molar-refractivity contribution in [3.05, 3.63) is 6.33 Å². The third-order valence-electron chi connectivity index (χ3n) is 7.45. The molecule has 2 unspecified atom stereocenters. The number of imidazole rings is 1. The molecule has 13 heteroatoms. The van der Waals surface area contributed by atoms with Gasteiger partial charge in [0, 0.05) is 50.8 Å². The standard InChI is InChI=1S/C22H35N7O.C2HF3O2/c1-3-27-15-24-21-19(27)20(23-13-17-8-12-30-14-17)25-22(26-21)28-10-6-18(7-11-28)29-9-4-5-16(29)2;3-2(4,5)1(6)7/h15-18H,3-14H2,1-2H3,(H,23,25,26);(H,6,7). The minimum absolute atomic E-state index is 0.551. The molecule has 2 aromatic rings. The predicted molar refractivity (Wildman–Crippen MR) is 133 cm³/mol. The molecule has 5 heterocycles. The van der Waals surface area contributed by atoms with Crippen molar-refractivity contribution in [3.63, 3.8) is 0 Å². The third-order valence-corrected chi connectivity index (χ3v) is 7.45. The molecule has 0 bridgehead atoms. The molecule has 2 aromatic heterocycles. The van der Waals surface area contributed by atoms with Gasteiger partial charge in [-0.3, -0.25) is 4.90 Å². The number of ether oxygens (including phenoxy) is 1. The molecule has 5 rings (SSSR count). The Balaban J connectivity index is 0.000000405. The number of aliphatic carboxylic acids is 1. The molecule has 0 spiro atoms. The van der Waals surface area contributed by atoms with E-state index in [1.54, 1.807) is 0 Å². The van der Waals surface area contributed by atoms with Crippen molar-refractivity contribution in [1.29, 1.82) is 0 Å². The first-order valence-corrected chi connectivity index (χ1v) is 13.0. The zero-order valence-corrected chi connectivity index (χ0v) is 21.4. The highest BCUT2D eigenvalue weighted by molar-refractivity contribution is 5.84. The number of carboxylic acid groups (broad SMARTS) is 1. The second kappa shape index (κ2) is 11.8. The smallest absolute Gasteiger partial charge is 0.475 e. The van der Waals surface area contributed by atoms with E-state index < -0.39 is 12.1 Å². The van der Waals surface area contributed by atoms with Crippen LogP contribution in [0.4, 0.5) is 24.9 Å². The summed E-state index contributed by atoms with van der Waals surface area (Å²) in [4.78, 5) is 28.4. The number of anilines is 2. The number of hydrogen-bond donors (Lipinski definition) is 2. The van der Waals surface area contributed by atoms with Gasteiger partial charge < -0.3 is 24.6 Å². The van der Waals surface area contributed by atoms with Crippen LogP contribution in [0.5, 0.6) is 0 Å². The van der Waals surface area contributed by atoms with Gasteiger partial charge in [-0.15, -0.1) is 0 Å². The lowest BCUT2D eigenvalue weighted by molar-refractivity contribution is -0.192. The molecule has 37 heavy (non-hydrogen) atoms. The lowest BCUT2D eigenvalue weighted by Gasteiger charge is -2.38. The Kier molecular flexibility index (Phi) is 8.73. The van der Waals surface area contributed by atoms with Gasteiger partial charge in [-0.05, 0) is 52.5 Å². The molecule has 0 saturated carbocycles. The summed E-state index contributed by atoms with van der Waals surface area (Å²) in [6, 6.07) is 1.45. The van der Waals surface area contributed by atoms with Crippen LogP contribution in [-0.2, 0) is 16.1 Å². The normalized spacial score (nSPS) is 23.3. The Labute approximate surface area is 214 Å². The fraction of sp³-hybridized carbons (Fsp3) is 0.750. The minimum atomic E-state index is -5.08. The number of hydrogen-bond acceptors (Lipinski definition) is 8. The largest absolute Gasteiger partial charge is 0.490 e. The number of aryl methyl sites for hydroxylation is 1. The van der Waals surface area contributed by atoms with E-state index in [9.17, 15) is 13.2 Å². The molecule has 3 saturated heterocycles. The molecular weight excluding hydrogens is 491 g/mol. The van der Waals surface area contributed by atoms with Crippen LogP contribution in [0.25, 0.3) is 11.2 Å². The molecule has 0 amide bonds. The van der Waals surface area contributed by atoms with E-state index in [-0.39, 0.29) is 0 Å². The van der Waals surface area contributed by atoms with Crippen molar-refractivity contribution in [2.45, 2.75) is 70.8 Å². The summed E-state index contributed by atoms with van der Waals surface area (Å²) in [7, 11) is 0. The second-order valence-electron chi connectivity index (χ2n) is 9.94. The molecule has 3 aliphatic rings. The number of piperidine rings is 1. The minimum Gasteiger partial charge on any atom is -0.475 e. The first-order valence-electron chi connectivity index (χ1n) is 13.0. The molecular formula is C24H36F3N7O3. The lowest BCUT2D eigenvalue weighted by Crippen LogP contribution is -2.46. The number of rotatable bonds is 6. The van der Waals surface area contributed by atoms with Crippen LogP contribution in [0, 0.1) is 5.92 Å². The molecule has 3 aliphatic heterocycles. The number of likely N-dealkylation sites (tertiary alicyclic amines) is 1. The van der Waals surface area contributed by atoms with Crippen molar-refractivity contribution >= 4 is 28.9 Å². The second-order valence-corrected chi connectivity index (χ2v) is 9.94. The van der Waals surface area contributed by atoms with Crippen LogP contribution in [0.2, 0.25) is 0 Å². The summed E-state index contributed by atoms with van der Waals surface area (Å²) in [6.45, 7) is 11.3. The summed E-state index contributed by atoms with van der Waals surface area (Å²) < 4.78 is 39.4. The van der Waals surface area contributed by atoms with Gasteiger partial charge in [-0.2, -0.15) is 23.1 Å². The fourth-order valence-electron chi connectivity index (χ4n) is 5.35. The average Bonchev–Trinajstić information content (AvgIpc) is 3.63. The number of halogens is 3. The monoisotopic (exact) mass is 527 g/mol. The van der Waals surface area contributed by atoms with E-state index in [2.05, 4.69) is 38.5 Å². The van der Waals surface area contributed by atoms with Crippen LogP contribution in [0.3, 0.4) is 0 Å². The Morgan fingerprint density at radius 2 is 1.92 bits per heavy atom. The Morgan fingerprint density at radius 3 is 2.49 bits per heavy atom. The SMILES string of the molecule is CCn1cnc2nc(N3CCC(N4CCCC4C)CC3)nc(NCC3CCOC3)c21.O=C(O)C(F)(F)F. The molecule has 2 N–H and O–H groups in total. The average molecular weight is 528 g/mol. The van der Waals surface area contributed by atoms with Crippen LogP contribution in [0.1, 0.15) is 46.0 Å². The predicted octanol–water partition coefficient (Wildman–Crippen LogP) is 3.38. The number of nitrogens with one attached hydrogen (secondary N) is 1. The highest BCUT2D eigenvalue weighted by Gasteiger charge is 2.38. The van der Waals surface area contributed by atoms with E-state index >= 15 is 0 Å². The Morgan fingerprint density at radius 1 is 1.19 bits per heavy atom. The molecule has 0 radical (unpaired) electrons. The molecule has 0 aromatic carbocycles. The number of nitrogens with zero attached hydrogens (tertiary/aromatic N) is 6. The summed E-state index contributed by atoms with van der Waals surface area (Å²) >= 11 is 0. The zero-order valence-electron chi connectivity index (χ0n) is 21.4. The van der Waals surface area contributed by atoms with E-state index in [1.165, 1.54) is 32.2 Å². The van der Waals surface area contributed by atoms with Crippen LogP contribution < -0.4 is 10.2 Å². The Hall–Kier alpha value is -2.67. The van der Waals surface area contributed by atoms with Crippen molar-refractivity contribution in [2.24, 2.45) is 5.92 Å². The maximum atomic E-state index is 10.6. The number of carbonyl (C=O) groups is 1.